The second kappa shape index (κ2) is 4.42. The van der Waals surface area contributed by atoms with Crippen molar-refractivity contribution in [3.05, 3.63) is 29.3 Å². The molecule has 6 heteroatoms. The third-order valence-corrected chi connectivity index (χ3v) is 2.07. The summed E-state index contributed by atoms with van der Waals surface area (Å²) in [6.45, 7) is 1.69. The van der Waals surface area contributed by atoms with E-state index in [1.54, 1.807) is 6.92 Å². The number of rotatable bonds is 1. The van der Waals surface area contributed by atoms with Gasteiger partial charge in [-0.25, -0.2) is 0 Å². The minimum Gasteiger partial charge on any atom is -0.370 e. The minimum atomic E-state index is -4.36. The molecule has 0 radical (unpaired) electrons. The lowest BCUT2D eigenvalue weighted by Crippen LogP contribution is -2.22. The number of benzene rings is 1. The first kappa shape index (κ1) is 12.4. The van der Waals surface area contributed by atoms with Crippen molar-refractivity contribution in [1.82, 2.24) is 0 Å². The molecule has 1 rings (SSSR count). The average molecular weight is 231 g/mol. The quantitative estimate of drug-likeness (QED) is 0.576. The molecule has 0 amide bonds. The Kier molecular flexibility index (Phi) is 3.41. The summed E-state index contributed by atoms with van der Waals surface area (Å²) >= 11 is 0. The van der Waals surface area contributed by atoms with Gasteiger partial charge in [0.25, 0.3) is 0 Å². The van der Waals surface area contributed by atoms with E-state index in [0.29, 0.717) is 11.3 Å². The molecule has 0 aliphatic carbocycles. The third-order valence-electron chi connectivity index (χ3n) is 2.07. The number of nitrogens with one attached hydrogen (secondary N) is 1. The maximum absolute atomic E-state index is 12.4. The van der Waals surface area contributed by atoms with Gasteiger partial charge in [-0.05, 0) is 24.6 Å². The zero-order valence-corrected chi connectivity index (χ0v) is 8.89. The molecule has 0 spiro atoms. The van der Waals surface area contributed by atoms with Gasteiger partial charge >= 0.3 is 6.18 Å². The van der Waals surface area contributed by atoms with Gasteiger partial charge in [0, 0.05) is 12.7 Å². The van der Waals surface area contributed by atoms with Crippen LogP contribution in [-0.2, 0) is 6.18 Å². The Labute approximate surface area is 91.2 Å². The van der Waals surface area contributed by atoms with Gasteiger partial charge in [-0.2, -0.15) is 13.2 Å². The van der Waals surface area contributed by atoms with Crippen LogP contribution >= 0.6 is 0 Å². The second-order valence-corrected chi connectivity index (χ2v) is 3.26. The van der Waals surface area contributed by atoms with E-state index in [1.807, 2.05) is 0 Å². The van der Waals surface area contributed by atoms with Gasteiger partial charge in [0.05, 0.1) is 5.56 Å². The first-order valence-corrected chi connectivity index (χ1v) is 4.51. The molecule has 0 saturated carbocycles. The molecule has 0 atom stereocenters. The molecule has 3 nitrogen and oxygen atoms in total. The van der Waals surface area contributed by atoms with Crippen LogP contribution < -0.4 is 11.1 Å². The van der Waals surface area contributed by atoms with Gasteiger partial charge in [0.15, 0.2) is 5.96 Å². The maximum Gasteiger partial charge on any atom is 0.416 e. The molecule has 1 aromatic rings. The summed E-state index contributed by atoms with van der Waals surface area (Å²) in [5.74, 6) is 0.0717. The van der Waals surface area contributed by atoms with E-state index in [1.165, 1.54) is 13.1 Å². The monoisotopic (exact) mass is 231 g/mol. The first-order valence-electron chi connectivity index (χ1n) is 4.51. The van der Waals surface area contributed by atoms with Gasteiger partial charge < -0.3 is 11.1 Å². The molecule has 0 saturated heterocycles. The highest BCUT2D eigenvalue weighted by Crippen LogP contribution is 2.31. The lowest BCUT2D eigenvalue weighted by atomic mass is 10.1. The standard InChI is InChI=1S/C10H12F3N3/c1-6-3-4-7(10(11,12)13)5-8(6)16-9(14)15-2/h3-5H,1-2H3,(H3,14,15,16). The Bertz CT molecular complexity index is 410. The summed E-state index contributed by atoms with van der Waals surface area (Å²) in [7, 11) is 1.45. The number of nitrogens with zero attached hydrogens (tertiary/aromatic N) is 1. The summed E-state index contributed by atoms with van der Waals surface area (Å²) < 4.78 is 37.3. The Morgan fingerprint density at radius 2 is 2.00 bits per heavy atom. The summed E-state index contributed by atoms with van der Waals surface area (Å²) in [6, 6.07) is 3.42. The molecule has 1 aromatic carbocycles. The van der Waals surface area contributed by atoms with Crippen molar-refractivity contribution in [2.75, 3.05) is 12.4 Å². The molecule has 3 N–H and O–H groups in total. The van der Waals surface area contributed by atoms with Gasteiger partial charge in [0.2, 0.25) is 0 Å². The SMILES string of the molecule is CN=C(N)Nc1cc(C(F)(F)F)ccc1C. The van der Waals surface area contributed by atoms with Crippen molar-refractivity contribution in [2.24, 2.45) is 10.7 Å². The van der Waals surface area contributed by atoms with E-state index < -0.39 is 11.7 Å². The maximum atomic E-state index is 12.4. The number of hydrogen-bond donors (Lipinski definition) is 2. The van der Waals surface area contributed by atoms with E-state index in [0.717, 1.165) is 12.1 Å². The van der Waals surface area contributed by atoms with Crippen LogP contribution in [0.1, 0.15) is 11.1 Å². The topological polar surface area (TPSA) is 50.4 Å². The number of hydrogen-bond acceptors (Lipinski definition) is 1. The van der Waals surface area contributed by atoms with E-state index in [9.17, 15) is 13.2 Å². The van der Waals surface area contributed by atoms with Gasteiger partial charge in [-0.15, -0.1) is 0 Å². The van der Waals surface area contributed by atoms with Crippen molar-refractivity contribution in [3.8, 4) is 0 Å². The fourth-order valence-corrected chi connectivity index (χ4v) is 1.13. The number of aliphatic imine (C=N–C) groups is 1. The summed E-state index contributed by atoms with van der Waals surface area (Å²) in [5, 5.41) is 2.60. The lowest BCUT2D eigenvalue weighted by molar-refractivity contribution is -0.137. The zero-order chi connectivity index (χ0) is 12.3. The van der Waals surface area contributed by atoms with Crippen molar-refractivity contribution < 1.29 is 13.2 Å². The van der Waals surface area contributed by atoms with Crippen LogP contribution in [0.5, 0.6) is 0 Å². The number of guanidine groups is 1. The fraction of sp³-hybridized carbons (Fsp3) is 0.300. The number of anilines is 1. The van der Waals surface area contributed by atoms with E-state index in [-0.39, 0.29) is 5.96 Å². The molecule has 0 unspecified atom stereocenters. The second-order valence-electron chi connectivity index (χ2n) is 3.26. The number of nitrogens with two attached hydrogens (primary N) is 1. The number of halogens is 3. The highest BCUT2D eigenvalue weighted by Gasteiger charge is 2.30. The van der Waals surface area contributed by atoms with Crippen LogP contribution in [0.15, 0.2) is 23.2 Å². The van der Waals surface area contributed by atoms with Crippen LogP contribution in [0, 0.1) is 6.92 Å². The van der Waals surface area contributed by atoms with Crippen molar-refractivity contribution in [1.29, 1.82) is 0 Å². The van der Waals surface area contributed by atoms with Crippen molar-refractivity contribution >= 4 is 11.6 Å². The van der Waals surface area contributed by atoms with E-state index in [4.69, 9.17) is 5.73 Å². The van der Waals surface area contributed by atoms with Crippen molar-refractivity contribution in [3.63, 3.8) is 0 Å². The van der Waals surface area contributed by atoms with Gasteiger partial charge in [-0.1, -0.05) is 6.07 Å². The Balaban J connectivity index is 3.09. The molecule has 0 aliphatic rings. The highest BCUT2D eigenvalue weighted by atomic mass is 19.4. The van der Waals surface area contributed by atoms with Crippen LogP contribution in [0.2, 0.25) is 0 Å². The first-order chi connectivity index (χ1) is 7.34. The van der Waals surface area contributed by atoms with Crippen molar-refractivity contribution in [2.45, 2.75) is 13.1 Å². The summed E-state index contributed by atoms with van der Waals surface area (Å²) in [6.07, 6.45) is -4.36. The predicted molar refractivity (Wildman–Crippen MR) is 57.4 cm³/mol. The van der Waals surface area contributed by atoms with Gasteiger partial charge in [0.1, 0.15) is 0 Å². The molecule has 0 aliphatic heterocycles. The fourth-order valence-electron chi connectivity index (χ4n) is 1.13. The minimum absolute atomic E-state index is 0.0717. The van der Waals surface area contributed by atoms with Crippen LogP contribution in [-0.4, -0.2) is 13.0 Å². The molecule has 0 bridgehead atoms. The Morgan fingerprint density at radius 3 is 2.50 bits per heavy atom. The summed E-state index contributed by atoms with van der Waals surface area (Å²) in [5.41, 5.74) is 5.64. The highest BCUT2D eigenvalue weighted by molar-refractivity contribution is 5.92. The smallest absolute Gasteiger partial charge is 0.370 e. The molecule has 0 heterocycles. The normalized spacial score (nSPS) is 12.7. The third kappa shape index (κ3) is 2.88. The molecule has 16 heavy (non-hydrogen) atoms. The van der Waals surface area contributed by atoms with Crippen LogP contribution in [0.3, 0.4) is 0 Å². The van der Waals surface area contributed by atoms with Gasteiger partial charge in [-0.3, -0.25) is 4.99 Å². The lowest BCUT2D eigenvalue weighted by Gasteiger charge is -2.12. The molecule has 0 fully saturated rings. The zero-order valence-electron chi connectivity index (χ0n) is 8.89. The van der Waals surface area contributed by atoms with E-state index in [2.05, 4.69) is 10.3 Å². The molecular weight excluding hydrogens is 219 g/mol. The molecule has 88 valence electrons. The Hall–Kier alpha value is -1.72. The largest absolute Gasteiger partial charge is 0.416 e. The van der Waals surface area contributed by atoms with E-state index >= 15 is 0 Å². The molecule has 0 aromatic heterocycles. The Morgan fingerprint density at radius 1 is 1.38 bits per heavy atom. The molecular formula is C10H12F3N3. The summed E-state index contributed by atoms with van der Waals surface area (Å²) in [4.78, 5) is 3.62. The average Bonchev–Trinajstić information content (AvgIpc) is 2.19. The van der Waals surface area contributed by atoms with Crippen LogP contribution in [0.25, 0.3) is 0 Å². The predicted octanol–water partition coefficient (Wildman–Crippen LogP) is 2.37. The van der Waals surface area contributed by atoms with Crippen LogP contribution in [0.4, 0.5) is 18.9 Å². The number of aryl methyl sites for hydroxylation is 1. The number of alkyl halides is 3.